The number of likely N-dealkylation sites (N-methyl/N-ethyl adjacent to an activating group) is 1. The minimum atomic E-state index is -0.605. The lowest BCUT2D eigenvalue weighted by Gasteiger charge is -2.42. The largest absolute Gasteiger partial charge is 0.388 e. The van der Waals surface area contributed by atoms with Crippen molar-refractivity contribution in [1.82, 2.24) is 4.90 Å². The summed E-state index contributed by atoms with van der Waals surface area (Å²) in [7, 11) is 0. The van der Waals surface area contributed by atoms with Crippen LogP contribution in [0.3, 0.4) is 0 Å². The third kappa shape index (κ3) is 1.79. The second-order valence-electron chi connectivity index (χ2n) is 3.71. The molecule has 0 aromatic carbocycles. The first-order valence-corrected chi connectivity index (χ1v) is 4.82. The summed E-state index contributed by atoms with van der Waals surface area (Å²) in [6.45, 7) is 6.98. The normalized spacial score (nSPS) is 38.5. The second kappa shape index (κ2) is 3.73. The molecule has 1 aliphatic rings. The topological polar surface area (TPSA) is 49.5 Å². The maximum atomic E-state index is 10.0. The predicted molar refractivity (Wildman–Crippen MR) is 49.9 cm³/mol. The molecule has 1 rings (SSSR count). The first-order valence-electron chi connectivity index (χ1n) is 4.82. The zero-order valence-corrected chi connectivity index (χ0v) is 8.08. The summed E-state index contributed by atoms with van der Waals surface area (Å²) < 4.78 is 0. The predicted octanol–water partition coefficient (Wildman–Crippen LogP) is 0.180. The molecule has 0 saturated carbocycles. The van der Waals surface area contributed by atoms with E-state index >= 15 is 0 Å². The highest BCUT2D eigenvalue weighted by molar-refractivity contribution is 4.94. The number of aliphatic hydroxyl groups is 1. The van der Waals surface area contributed by atoms with E-state index in [0.717, 1.165) is 32.5 Å². The molecule has 0 aliphatic carbocycles. The molecule has 0 amide bonds. The van der Waals surface area contributed by atoms with Gasteiger partial charge in [0, 0.05) is 19.1 Å². The van der Waals surface area contributed by atoms with Crippen molar-refractivity contribution in [3.05, 3.63) is 0 Å². The maximum Gasteiger partial charge on any atom is 0.0820 e. The number of nitrogens with zero attached hydrogens (tertiary/aromatic N) is 1. The van der Waals surface area contributed by atoms with Gasteiger partial charge in [0.15, 0.2) is 0 Å². The molecule has 1 aliphatic heterocycles. The van der Waals surface area contributed by atoms with Crippen LogP contribution in [0.5, 0.6) is 0 Å². The number of nitrogens with two attached hydrogens (primary N) is 1. The molecule has 1 saturated heterocycles. The first-order chi connectivity index (χ1) is 5.62. The molecule has 0 bridgehead atoms. The van der Waals surface area contributed by atoms with Crippen LogP contribution in [0.4, 0.5) is 0 Å². The third-order valence-electron chi connectivity index (χ3n) is 3.07. The Hall–Kier alpha value is -0.120. The zero-order chi connectivity index (χ0) is 9.19. The molecule has 0 aromatic heterocycles. The minimum absolute atomic E-state index is 0.0730. The van der Waals surface area contributed by atoms with Crippen molar-refractivity contribution in [3.63, 3.8) is 0 Å². The van der Waals surface area contributed by atoms with E-state index < -0.39 is 5.60 Å². The van der Waals surface area contributed by atoms with Crippen molar-refractivity contribution in [2.24, 2.45) is 5.73 Å². The molecule has 3 heteroatoms. The number of piperidine rings is 1. The molecule has 1 fully saturated rings. The van der Waals surface area contributed by atoms with E-state index in [0.29, 0.717) is 0 Å². The average Bonchev–Trinajstić information content (AvgIpc) is 2.10. The van der Waals surface area contributed by atoms with Crippen molar-refractivity contribution in [2.45, 2.75) is 38.3 Å². The third-order valence-corrected chi connectivity index (χ3v) is 3.07. The molecular weight excluding hydrogens is 152 g/mol. The van der Waals surface area contributed by atoms with Crippen LogP contribution in [0.2, 0.25) is 0 Å². The Bertz CT molecular complexity index is 151. The molecule has 0 aromatic rings. The number of likely N-dealkylation sites (tertiary alicyclic amines) is 1. The summed E-state index contributed by atoms with van der Waals surface area (Å²) in [5.74, 6) is 0. The molecule has 1 heterocycles. The first kappa shape index (κ1) is 9.96. The van der Waals surface area contributed by atoms with Gasteiger partial charge >= 0.3 is 0 Å². The summed E-state index contributed by atoms with van der Waals surface area (Å²) in [5.41, 5.74) is 5.29. The fraction of sp³-hybridized carbons (Fsp3) is 1.00. The SMILES string of the molecule is CCN1CCC(O)(CC)C(N)C1. The maximum absolute atomic E-state index is 10.0. The summed E-state index contributed by atoms with van der Waals surface area (Å²) in [5, 5.41) is 10.0. The van der Waals surface area contributed by atoms with Crippen LogP contribution in [0.1, 0.15) is 26.7 Å². The fourth-order valence-electron chi connectivity index (χ4n) is 1.80. The quantitative estimate of drug-likeness (QED) is 0.625. The van der Waals surface area contributed by atoms with Crippen LogP contribution >= 0.6 is 0 Å². The molecular formula is C9H20N2O. The highest BCUT2D eigenvalue weighted by Gasteiger charge is 2.37. The van der Waals surface area contributed by atoms with E-state index in [1.807, 2.05) is 6.92 Å². The average molecular weight is 172 g/mol. The van der Waals surface area contributed by atoms with Gasteiger partial charge in [-0.2, -0.15) is 0 Å². The van der Waals surface area contributed by atoms with Crippen LogP contribution in [-0.4, -0.2) is 41.3 Å². The number of rotatable bonds is 2. The van der Waals surface area contributed by atoms with Crippen LogP contribution < -0.4 is 5.73 Å². The van der Waals surface area contributed by atoms with Gasteiger partial charge in [0.05, 0.1) is 5.60 Å². The van der Waals surface area contributed by atoms with Gasteiger partial charge in [-0.05, 0) is 19.4 Å². The Kier molecular flexibility index (Phi) is 3.09. The lowest BCUT2D eigenvalue weighted by atomic mass is 9.85. The van der Waals surface area contributed by atoms with Crippen molar-refractivity contribution >= 4 is 0 Å². The minimum Gasteiger partial charge on any atom is -0.388 e. The molecule has 3 N–H and O–H groups in total. The Morgan fingerprint density at radius 2 is 2.25 bits per heavy atom. The van der Waals surface area contributed by atoms with Crippen molar-refractivity contribution < 1.29 is 5.11 Å². The van der Waals surface area contributed by atoms with Gasteiger partial charge in [-0.3, -0.25) is 0 Å². The molecule has 2 unspecified atom stereocenters. The van der Waals surface area contributed by atoms with Gasteiger partial charge in [-0.25, -0.2) is 0 Å². The van der Waals surface area contributed by atoms with E-state index in [-0.39, 0.29) is 6.04 Å². The summed E-state index contributed by atoms with van der Waals surface area (Å²) in [4.78, 5) is 2.29. The molecule has 0 radical (unpaired) electrons. The van der Waals surface area contributed by atoms with Crippen LogP contribution in [0.25, 0.3) is 0 Å². The van der Waals surface area contributed by atoms with Gasteiger partial charge in [-0.1, -0.05) is 13.8 Å². The number of hydrogen-bond acceptors (Lipinski definition) is 3. The summed E-state index contributed by atoms with van der Waals surface area (Å²) >= 11 is 0. The lowest BCUT2D eigenvalue weighted by molar-refractivity contribution is -0.0402. The van der Waals surface area contributed by atoms with Crippen molar-refractivity contribution in [2.75, 3.05) is 19.6 Å². The summed E-state index contributed by atoms with van der Waals surface area (Å²) in [6, 6.07) is -0.0730. The van der Waals surface area contributed by atoms with Crippen LogP contribution in [0.15, 0.2) is 0 Å². The lowest BCUT2D eigenvalue weighted by Crippen LogP contribution is -2.59. The van der Waals surface area contributed by atoms with Gasteiger partial charge in [0.25, 0.3) is 0 Å². The molecule has 2 atom stereocenters. The van der Waals surface area contributed by atoms with Gasteiger partial charge in [0.2, 0.25) is 0 Å². The summed E-state index contributed by atoms with van der Waals surface area (Å²) in [6.07, 6.45) is 1.59. The van der Waals surface area contributed by atoms with E-state index in [2.05, 4.69) is 11.8 Å². The highest BCUT2D eigenvalue weighted by atomic mass is 16.3. The van der Waals surface area contributed by atoms with Gasteiger partial charge < -0.3 is 15.7 Å². The number of hydrogen-bond donors (Lipinski definition) is 2. The molecule has 12 heavy (non-hydrogen) atoms. The van der Waals surface area contributed by atoms with Gasteiger partial charge in [0.1, 0.15) is 0 Å². The molecule has 3 nitrogen and oxygen atoms in total. The Morgan fingerprint density at radius 1 is 1.58 bits per heavy atom. The van der Waals surface area contributed by atoms with Gasteiger partial charge in [-0.15, -0.1) is 0 Å². The van der Waals surface area contributed by atoms with E-state index in [1.165, 1.54) is 0 Å². The van der Waals surface area contributed by atoms with Crippen LogP contribution in [0, 0.1) is 0 Å². The van der Waals surface area contributed by atoms with E-state index in [1.54, 1.807) is 0 Å². The smallest absolute Gasteiger partial charge is 0.0820 e. The fourth-order valence-corrected chi connectivity index (χ4v) is 1.80. The Morgan fingerprint density at radius 3 is 2.67 bits per heavy atom. The van der Waals surface area contributed by atoms with Crippen LogP contribution in [-0.2, 0) is 0 Å². The van der Waals surface area contributed by atoms with Crippen molar-refractivity contribution in [1.29, 1.82) is 0 Å². The highest BCUT2D eigenvalue weighted by Crippen LogP contribution is 2.23. The van der Waals surface area contributed by atoms with Crippen molar-refractivity contribution in [3.8, 4) is 0 Å². The van der Waals surface area contributed by atoms with E-state index in [4.69, 9.17) is 5.73 Å². The monoisotopic (exact) mass is 172 g/mol. The van der Waals surface area contributed by atoms with E-state index in [9.17, 15) is 5.11 Å². The molecule has 72 valence electrons. The standard InChI is InChI=1S/C9H20N2O/c1-3-9(12)5-6-11(4-2)7-8(9)10/h8,12H,3-7,10H2,1-2H3. The molecule has 0 spiro atoms. The Balaban J connectivity index is 2.53. The zero-order valence-electron chi connectivity index (χ0n) is 8.08. The second-order valence-corrected chi connectivity index (χ2v) is 3.71. The Labute approximate surface area is 74.5 Å².